The van der Waals surface area contributed by atoms with Crippen molar-refractivity contribution < 1.29 is 0 Å². The van der Waals surface area contributed by atoms with E-state index in [0.29, 0.717) is 11.6 Å². The summed E-state index contributed by atoms with van der Waals surface area (Å²) in [5, 5.41) is 6.02. The van der Waals surface area contributed by atoms with Gasteiger partial charge in [0, 0.05) is 6.07 Å². The summed E-state index contributed by atoms with van der Waals surface area (Å²) < 4.78 is 0. The van der Waals surface area contributed by atoms with Crippen molar-refractivity contribution in [2.45, 2.75) is 0 Å². The molecule has 0 spiro atoms. The quantitative estimate of drug-likeness (QED) is 0.529. The lowest BCUT2D eigenvalue weighted by atomic mass is 10.6. The van der Waals surface area contributed by atoms with Crippen LogP contribution in [0.25, 0.3) is 0 Å². The Kier molecular flexibility index (Phi) is 5.34. The van der Waals surface area contributed by atoms with Crippen LogP contribution in [0.4, 0.5) is 11.6 Å². The maximum Gasteiger partial charge on any atom is 0.147 e. The van der Waals surface area contributed by atoms with Crippen LogP contribution < -0.4 is 11.5 Å². The van der Waals surface area contributed by atoms with Crippen LogP contribution in [0.5, 0.6) is 0 Å². The third-order valence-corrected chi connectivity index (χ3v) is 0.617. The van der Waals surface area contributed by atoms with Gasteiger partial charge in [0.2, 0.25) is 0 Å². The second-order valence-corrected chi connectivity index (χ2v) is 1.25. The summed E-state index contributed by atoms with van der Waals surface area (Å²) in [7, 11) is 0. The third-order valence-electron chi connectivity index (χ3n) is 0.617. The van der Waals surface area contributed by atoms with Crippen LogP contribution in [0.15, 0.2) is 6.07 Å². The summed E-state index contributed by atoms with van der Waals surface area (Å²) in [6.07, 6.45) is 0. The number of H-pyrrole nitrogens is 1. The number of halogens is 2. The first-order chi connectivity index (χ1) is 3.29. The molecule has 1 aromatic heterocycles. The van der Waals surface area contributed by atoms with Crippen molar-refractivity contribution in [1.82, 2.24) is 10.2 Å². The Morgan fingerprint density at radius 1 is 1.33 bits per heavy atom. The average Bonchev–Trinajstić information content (AvgIpc) is 1.87. The number of anilines is 2. The fourth-order valence-corrected chi connectivity index (χ4v) is 0.353. The topological polar surface area (TPSA) is 80.7 Å². The van der Waals surface area contributed by atoms with Crippen molar-refractivity contribution >= 4 is 36.4 Å². The van der Waals surface area contributed by atoms with E-state index in [4.69, 9.17) is 11.5 Å². The van der Waals surface area contributed by atoms with Gasteiger partial charge in [0.1, 0.15) is 11.6 Å². The molecule has 0 saturated carbocycles. The number of aromatic amines is 1. The van der Waals surface area contributed by atoms with E-state index < -0.39 is 0 Å². The van der Waals surface area contributed by atoms with Crippen molar-refractivity contribution in [3.05, 3.63) is 6.07 Å². The number of nitrogens with zero attached hydrogens (tertiary/aromatic N) is 1. The van der Waals surface area contributed by atoms with Gasteiger partial charge in [-0.2, -0.15) is 5.10 Å². The molecule has 6 heteroatoms. The average molecular weight is 171 g/mol. The standard InChI is InChI=1S/C3H6N4.2ClH/c4-2-1-3(5)7-6-2;;/h1H,(H5,4,5,6,7);2*1H. The minimum absolute atomic E-state index is 0. The molecule has 9 heavy (non-hydrogen) atoms. The Balaban J connectivity index is 0. The second-order valence-electron chi connectivity index (χ2n) is 1.25. The SMILES string of the molecule is Cl.Cl.Nc1cc(N)[nH]n1. The highest BCUT2D eigenvalue weighted by atomic mass is 35.5. The molecule has 0 aliphatic carbocycles. The molecule has 0 aliphatic rings. The van der Waals surface area contributed by atoms with Crippen LogP contribution in [0.3, 0.4) is 0 Å². The lowest BCUT2D eigenvalue weighted by Gasteiger charge is -1.70. The number of hydrogen-bond donors (Lipinski definition) is 3. The number of hydrogen-bond acceptors (Lipinski definition) is 3. The van der Waals surface area contributed by atoms with Crippen LogP contribution in [0.1, 0.15) is 0 Å². The van der Waals surface area contributed by atoms with Gasteiger partial charge in [-0.05, 0) is 0 Å². The molecule has 0 unspecified atom stereocenters. The number of nitrogens with two attached hydrogens (primary N) is 2. The third kappa shape index (κ3) is 3.05. The van der Waals surface area contributed by atoms with E-state index in [-0.39, 0.29) is 24.8 Å². The molecule has 54 valence electrons. The highest BCUT2D eigenvalue weighted by Gasteiger charge is 1.85. The molecule has 4 nitrogen and oxygen atoms in total. The first-order valence-electron chi connectivity index (χ1n) is 1.85. The molecule has 0 saturated heterocycles. The molecule has 0 aliphatic heterocycles. The molecule has 0 bridgehead atoms. The van der Waals surface area contributed by atoms with Crippen LogP contribution in [0, 0.1) is 0 Å². The van der Waals surface area contributed by atoms with Crippen molar-refractivity contribution in [3.8, 4) is 0 Å². The van der Waals surface area contributed by atoms with Crippen molar-refractivity contribution in [3.63, 3.8) is 0 Å². The van der Waals surface area contributed by atoms with Gasteiger partial charge in [0.15, 0.2) is 0 Å². The summed E-state index contributed by atoms with van der Waals surface area (Å²) >= 11 is 0. The summed E-state index contributed by atoms with van der Waals surface area (Å²) in [4.78, 5) is 0. The normalized spacial score (nSPS) is 7.11. The summed E-state index contributed by atoms with van der Waals surface area (Å²) in [5.41, 5.74) is 10.3. The van der Waals surface area contributed by atoms with E-state index in [2.05, 4.69) is 10.2 Å². The van der Waals surface area contributed by atoms with Gasteiger partial charge in [-0.15, -0.1) is 24.8 Å². The first kappa shape index (κ1) is 11.2. The molecular weight excluding hydrogens is 163 g/mol. The maximum absolute atomic E-state index is 5.18. The summed E-state index contributed by atoms with van der Waals surface area (Å²) in [5.74, 6) is 0.926. The van der Waals surface area contributed by atoms with Crippen molar-refractivity contribution in [2.75, 3.05) is 11.5 Å². The minimum Gasteiger partial charge on any atom is -0.384 e. The monoisotopic (exact) mass is 170 g/mol. The molecule has 0 atom stereocenters. The molecule has 0 amide bonds. The van der Waals surface area contributed by atoms with Crippen LogP contribution in [0.2, 0.25) is 0 Å². The van der Waals surface area contributed by atoms with Gasteiger partial charge in [0.25, 0.3) is 0 Å². The fraction of sp³-hybridized carbons (Fsp3) is 0. The molecule has 5 N–H and O–H groups in total. The number of aromatic nitrogens is 2. The van der Waals surface area contributed by atoms with Gasteiger partial charge in [0.05, 0.1) is 0 Å². The number of rotatable bonds is 0. The Morgan fingerprint density at radius 3 is 2.00 bits per heavy atom. The molecule has 0 fully saturated rings. The van der Waals surface area contributed by atoms with Crippen molar-refractivity contribution in [1.29, 1.82) is 0 Å². The molecular formula is C3H8Cl2N4. The summed E-state index contributed by atoms with van der Waals surface area (Å²) in [6, 6.07) is 1.56. The van der Waals surface area contributed by atoms with E-state index in [9.17, 15) is 0 Å². The lowest BCUT2D eigenvalue weighted by molar-refractivity contribution is 1.11. The number of nitrogens with one attached hydrogen (secondary N) is 1. The molecule has 0 aromatic carbocycles. The Bertz CT molecular complexity index is 146. The zero-order chi connectivity index (χ0) is 5.28. The molecule has 1 aromatic rings. The zero-order valence-corrected chi connectivity index (χ0v) is 6.13. The Labute approximate surface area is 64.8 Å². The second kappa shape index (κ2) is 4.29. The van der Waals surface area contributed by atoms with Gasteiger partial charge >= 0.3 is 0 Å². The van der Waals surface area contributed by atoms with E-state index in [0.717, 1.165) is 0 Å². The van der Waals surface area contributed by atoms with E-state index in [1.165, 1.54) is 0 Å². The predicted molar refractivity (Wildman–Crippen MR) is 41.9 cm³/mol. The minimum atomic E-state index is 0. The van der Waals surface area contributed by atoms with Crippen LogP contribution in [-0.2, 0) is 0 Å². The zero-order valence-electron chi connectivity index (χ0n) is 4.50. The molecule has 0 radical (unpaired) electrons. The van der Waals surface area contributed by atoms with Gasteiger partial charge < -0.3 is 11.5 Å². The van der Waals surface area contributed by atoms with Gasteiger partial charge in [-0.1, -0.05) is 0 Å². The fourth-order valence-electron chi connectivity index (χ4n) is 0.353. The van der Waals surface area contributed by atoms with Crippen LogP contribution in [-0.4, -0.2) is 10.2 Å². The Morgan fingerprint density at radius 2 is 1.89 bits per heavy atom. The maximum atomic E-state index is 5.18. The predicted octanol–water partition coefficient (Wildman–Crippen LogP) is 0.418. The largest absolute Gasteiger partial charge is 0.384 e. The van der Waals surface area contributed by atoms with E-state index >= 15 is 0 Å². The molecule has 1 heterocycles. The van der Waals surface area contributed by atoms with Crippen LogP contribution >= 0.6 is 24.8 Å². The highest BCUT2D eigenvalue weighted by Crippen LogP contribution is 1.98. The van der Waals surface area contributed by atoms with E-state index in [1.54, 1.807) is 6.07 Å². The smallest absolute Gasteiger partial charge is 0.147 e. The Hall–Kier alpha value is -0.610. The first-order valence-corrected chi connectivity index (χ1v) is 1.85. The highest BCUT2D eigenvalue weighted by molar-refractivity contribution is 5.85. The van der Waals surface area contributed by atoms with E-state index in [1.807, 2.05) is 0 Å². The van der Waals surface area contributed by atoms with Gasteiger partial charge in [-0.25, -0.2) is 0 Å². The number of nitrogen functional groups attached to an aromatic ring is 2. The summed E-state index contributed by atoms with van der Waals surface area (Å²) in [6.45, 7) is 0. The van der Waals surface area contributed by atoms with Gasteiger partial charge in [-0.3, -0.25) is 5.10 Å². The van der Waals surface area contributed by atoms with Crippen molar-refractivity contribution in [2.24, 2.45) is 0 Å². The molecule has 1 rings (SSSR count). The lowest BCUT2D eigenvalue weighted by Crippen LogP contribution is -1.81.